The van der Waals surface area contributed by atoms with Gasteiger partial charge in [0.25, 0.3) is 0 Å². The van der Waals surface area contributed by atoms with Crippen molar-refractivity contribution < 1.29 is 0 Å². The average molecular weight is 141 g/mol. The largest absolute Gasteiger partial charge is 0.249 e. The van der Waals surface area contributed by atoms with Crippen molar-refractivity contribution in [2.24, 2.45) is 0 Å². The summed E-state index contributed by atoms with van der Waals surface area (Å²) in [6.45, 7) is 4.39. The van der Waals surface area contributed by atoms with E-state index in [4.69, 9.17) is 0 Å². The van der Waals surface area contributed by atoms with E-state index in [2.05, 4.69) is 24.2 Å². The Morgan fingerprint density at radius 3 is 3.00 bits per heavy atom. The van der Waals surface area contributed by atoms with Crippen LogP contribution in [0.15, 0.2) is 10.9 Å². The maximum absolute atomic E-state index is 4.21. The van der Waals surface area contributed by atoms with E-state index < -0.39 is 0 Å². The molecule has 0 fully saturated rings. The lowest BCUT2D eigenvalue weighted by Gasteiger charge is -2.01. The summed E-state index contributed by atoms with van der Waals surface area (Å²) >= 11 is 1.67. The van der Waals surface area contributed by atoms with Crippen molar-refractivity contribution in [3.05, 3.63) is 16.6 Å². The maximum Gasteiger partial charge on any atom is 0.0794 e. The van der Waals surface area contributed by atoms with Gasteiger partial charge in [0.15, 0.2) is 0 Å². The highest BCUT2D eigenvalue weighted by atomic mass is 32.1. The molecule has 1 rings (SSSR count). The molecular formula is C7H11NS. The lowest BCUT2D eigenvalue weighted by atomic mass is 10.1. The number of nitrogens with zero attached hydrogens (tertiary/aromatic N) is 1. The summed E-state index contributed by atoms with van der Waals surface area (Å²) in [5.41, 5.74) is 3.13. The first-order valence-corrected chi connectivity index (χ1v) is 4.17. The standard InChI is InChI=1S/C7H11NS/c1-3-6(2)7-4-9-5-8-7/h4-6H,3H2,1-2H3. The number of aromatic nitrogens is 1. The van der Waals surface area contributed by atoms with Gasteiger partial charge in [-0.05, 0) is 12.3 Å². The number of rotatable bonds is 2. The highest BCUT2D eigenvalue weighted by Crippen LogP contribution is 2.17. The Labute approximate surface area is 59.8 Å². The second kappa shape index (κ2) is 2.97. The third kappa shape index (κ3) is 1.52. The van der Waals surface area contributed by atoms with Gasteiger partial charge in [-0.1, -0.05) is 13.8 Å². The topological polar surface area (TPSA) is 12.9 Å². The van der Waals surface area contributed by atoms with Gasteiger partial charge in [-0.3, -0.25) is 0 Å². The smallest absolute Gasteiger partial charge is 0.0794 e. The highest BCUT2D eigenvalue weighted by Gasteiger charge is 2.02. The molecule has 50 valence electrons. The molecule has 0 aliphatic carbocycles. The van der Waals surface area contributed by atoms with Crippen molar-refractivity contribution in [3.63, 3.8) is 0 Å². The van der Waals surface area contributed by atoms with Gasteiger partial charge in [0.1, 0.15) is 0 Å². The predicted octanol–water partition coefficient (Wildman–Crippen LogP) is 2.66. The van der Waals surface area contributed by atoms with Crippen LogP contribution >= 0.6 is 11.3 Å². The second-order valence-electron chi connectivity index (χ2n) is 2.22. The van der Waals surface area contributed by atoms with Crippen LogP contribution in [0.2, 0.25) is 0 Å². The van der Waals surface area contributed by atoms with Gasteiger partial charge in [-0.2, -0.15) is 0 Å². The molecule has 1 heterocycles. The monoisotopic (exact) mass is 141 g/mol. The molecule has 1 unspecified atom stereocenters. The van der Waals surface area contributed by atoms with Gasteiger partial charge in [-0.25, -0.2) is 4.98 Å². The van der Waals surface area contributed by atoms with Gasteiger partial charge in [0, 0.05) is 5.38 Å². The Kier molecular flexibility index (Phi) is 2.22. The third-order valence-corrected chi connectivity index (χ3v) is 2.17. The van der Waals surface area contributed by atoms with Gasteiger partial charge in [-0.15, -0.1) is 11.3 Å². The Hall–Kier alpha value is -0.370. The lowest BCUT2D eigenvalue weighted by Crippen LogP contribution is -1.89. The highest BCUT2D eigenvalue weighted by molar-refractivity contribution is 7.07. The second-order valence-corrected chi connectivity index (χ2v) is 2.94. The first-order chi connectivity index (χ1) is 4.34. The summed E-state index contributed by atoms with van der Waals surface area (Å²) < 4.78 is 0. The van der Waals surface area contributed by atoms with Crippen LogP contribution in [0.1, 0.15) is 31.9 Å². The zero-order chi connectivity index (χ0) is 6.69. The van der Waals surface area contributed by atoms with Crippen LogP contribution in [0.25, 0.3) is 0 Å². The molecule has 0 N–H and O–H groups in total. The van der Waals surface area contributed by atoms with Crippen LogP contribution in [0.3, 0.4) is 0 Å². The van der Waals surface area contributed by atoms with Gasteiger partial charge in [0.05, 0.1) is 11.2 Å². The Morgan fingerprint density at radius 2 is 2.56 bits per heavy atom. The van der Waals surface area contributed by atoms with Crippen LogP contribution in [0, 0.1) is 0 Å². The minimum absolute atomic E-state index is 0.635. The van der Waals surface area contributed by atoms with Crippen molar-refractivity contribution in [1.82, 2.24) is 4.98 Å². The molecule has 0 saturated heterocycles. The van der Waals surface area contributed by atoms with E-state index in [0.29, 0.717) is 5.92 Å². The van der Waals surface area contributed by atoms with Crippen molar-refractivity contribution in [1.29, 1.82) is 0 Å². The van der Waals surface area contributed by atoms with Crippen LogP contribution in [0.4, 0.5) is 0 Å². The summed E-state index contributed by atoms with van der Waals surface area (Å²) in [6, 6.07) is 0. The molecule has 0 aliphatic rings. The van der Waals surface area contributed by atoms with Crippen LogP contribution in [-0.4, -0.2) is 4.98 Å². The van der Waals surface area contributed by atoms with Crippen molar-refractivity contribution in [2.75, 3.05) is 0 Å². The van der Waals surface area contributed by atoms with Gasteiger partial charge >= 0.3 is 0 Å². The maximum atomic E-state index is 4.21. The molecule has 2 heteroatoms. The van der Waals surface area contributed by atoms with Crippen LogP contribution < -0.4 is 0 Å². The minimum Gasteiger partial charge on any atom is -0.249 e. The minimum atomic E-state index is 0.635. The fraction of sp³-hybridized carbons (Fsp3) is 0.571. The van der Waals surface area contributed by atoms with Crippen molar-refractivity contribution >= 4 is 11.3 Å². The molecule has 0 radical (unpaired) electrons. The summed E-state index contributed by atoms with van der Waals surface area (Å²) in [7, 11) is 0. The molecule has 9 heavy (non-hydrogen) atoms. The normalized spacial score (nSPS) is 13.6. The molecule has 0 spiro atoms. The average Bonchev–Trinajstić information content (AvgIpc) is 2.37. The fourth-order valence-corrected chi connectivity index (χ4v) is 1.35. The van der Waals surface area contributed by atoms with Gasteiger partial charge in [0.2, 0.25) is 0 Å². The van der Waals surface area contributed by atoms with Crippen molar-refractivity contribution in [2.45, 2.75) is 26.2 Å². The van der Waals surface area contributed by atoms with Crippen LogP contribution in [0.5, 0.6) is 0 Å². The molecule has 1 aromatic rings. The SMILES string of the molecule is CCC(C)c1cscn1. The van der Waals surface area contributed by atoms with E-state index in [9.17, 15) is 0 Å². The Morgan fingerprint density at radius 1 is 1.78 bits per heavy atom. The Bertz CT molecular complexity index is 157. The van der Waals surface area contributed by atoms with Crippen LogP contribution in [-0.2, 0) is 0 Å². The van der Waals surface area contributed by atoms with E-state index in [1.165, 1.54) is 12.1 Å². The lowest BCUT2D eigenvalue weighted by molar-refractivity contribution is 0.714. The molecule has 1 aromatic heterocycles. The van der Waals surface area contributed by atoms with E-state index >= 15 is 0 Å². The molecule has 0 aliphatic heterocycles. The number of hydrogen-bond donors (Lipinski definition) is 0. The van der Waals surface area contributed by atoms with E-state index in [1.807, 2.05) is 5.51 Å². The quantitative estimate of drug-likeness (QED) is 0.617. The molecule has 0 aromatic carbocycles. The summed E-state index contributed by atoms with van der Waals surface area (Å²) in [6.07, 6.45) is 1.18. The van der Waals surface area contributed by atoms with Gasteiger partial charge < -0.3 is 0 Å². The molecular weight excluding hydrogens is 130 g/mol. The first-order valence-electron chi connectivity index (χ1n) is 3.22. The zero-order valence-electron chi connectivity index (χ0n) is 5.79. The summed E-state index contributed by atoms with van der Waals surface area (Å²) in [5, 5.41) is 2.12. The van der Waals surface area contributed by atoms with E-state index in [-0.39, 0.29) is 0 Å². The summed E-state index contributed by atoms with van der Waals surface area (Å²) in [5.74, 6) is 0.635. The third-order valence-electron chi connectivity index (χ3n) is 1.57. The molecule has 1 atom stereocenters. The van der Waals surface area contributed by atoms with E-state index in [1.54, 1.807) is 11.3 Å². The predicted molar refractivity (Wildman–Crippen MR) is 40.8 cm³/mol. The number of hydrogen-bond acceptors (Lipinski definition) is 2. The first kappa shape index (κ1) is 6.75. The fourth-order valence-electron chi connectivity index (χ4n) is 0.674. The number of thiazole rings is 1. The molecule has 0 saturated carbocycles. The van der Waals surface area contributed by atoms with Crippen molar-refractivity contribution in [3.8, 4) is 0 Å². The molecule has 0 bridgehead atoms. The summed E-state index contributed by atoms with van der Waals surface area (Å²) in [4.78, 5) is 4.21. The Balaban J connectivity index is 2.65. The molecule has 1 nitrogen and oxygen atoms in total. The molecule has 0 amide bonds. The van der Waals surface area contributed by atoms with E-state index in [0.717, 1.165) is 0 Å². The zero-order valence-corrected chi connectivity index (χ0v) is 6.61.